The van der Waals surface area contributed by atoms with Gasteiger partial charge in [0.05, 0.1) is 5.92 Å². The van der Waals surface area contributed by atoms with Gasteiger partial charge in [0.1, 0.15) is 17.4 Å². The maximum Gasteiger partial charge on any atom is 0.400 e. The number of halogens is 4. The number of rotatable bonds is 9. The van der Waals surface area contributed by atoms with E-state index in [0.29, 0.717) is 48.3 Å². The molecule has 0 atom stereocenters. The van der Waals surface area contributed by atoms with Gasteiger partial charge in [0.25, 0.3) is 0 Å². The van der Waals surface area contributed by atoms with Crippen molar-refractivity contribution in [1.82, 2.24) is 0 Å². The first kappa shape index (κ1) is 29.4. The number of benzene rings is 3. The van der Waals surface area contributed by atoms with E-state index in [9.17, 15) is 4.39 Å². The summed E-state index contributed by atoms with van der Waals surface area (Å²) in [6.45, 7) is 5.94. The largest absolute Gasteiger partial charge is 0.432 e. The summed E-state index contributed by atoms with van der Waals surface area (Å²) >= 11 is 0. The second kappa shape index (κ2) is 12.8. The van der Waals surface area contributed by atoms with Crippen molar-refractivity contribution in [1.29, 1.82) is 0 Å². The summed E-state index contributed by atoms with van der Waals surface area (Å²) in [6, 6.07) is 17.0. The van der Waals surface area contributed by atoms with Gasteiger partial charge in [0.2, 0.25) is 0 Å². The van der Waals surface area contributed by atoms with Crippen molar-refractivity contribution in [3.63, 3.8) is 0 Å². The summed E-state index contributed by atoms with van der Waals surface area (Å²) in [7, 11) is 0. The van der Waals surface area contributed by atoms with Gasteiger partial charge in [-0.2, -0.15) is 8.78 Å². The van der Waals surface area contributed by atoms with E-state index in [0.717, 1.165) is 29.9 Å². The monoisotopic (exact) mass is 564 g/mol. The van der Waals surface area contributed by atoms with Gasteiger partial charge in [-0.1, -0.05) is 62.2 Å². The van der Waals surface area contributed by atoms with Crippen molar-refractivity contribution in [2.45, 2.75) is 89.1 Å². The van der Waals surface area contributed by atoms with E-state index in [-0.39, 0.29) is 36.1 Å². The van der Waals surface area contributed by atoms with Crippen molar-refractivity contribution in [2.75, 3.05) is 0 Å². The van der Waals surface area contributed by atoms with E-state index in [2.05, 4.69) is 19.6 Å². The first-order valence-corrected chi connectivity index (χ1v) is 15.1. The lowest BCUT2D eigenvalue weighted by molar-refractivity contribution is -0.222. The van der Waals surface area contributed by atoms with Crippen LogP contribution in [0.25, 0.3) is 11.1 Å². The quantitative estimate of drug-likeness (QED) is 0.186. The first-order chi connectivity index (χ1) is 19.7. The maximum absolute atomic E-state index is 15.2. The van der Waals surface area contributed by atoms with Crippen LogP contribution in [0.5, 0.6) is 5.75 Å². The molecular formula is C36H40F4O. The Balaban J connectivity index is 1.16. The van der Waals surface area contributed by atoms with Gasteiger partial charge in [-0.3, -0.25) is 0 Å². The molecule has 0 unspecified atom stereocenters. The smallest absolute Gasteiger partial charge is 0.400 e. The fourth-order valence-corrected chi connectivity index (χ4v) is 6.61. The van der Waals surface area contributed by atoms with Crippen LogP contribution >= 0.6 is 0 Å². The van der Waals surface area contributed by atoms with Gasteiger partial charge in [-0.15, -0.1) is 6.58 Å². The summed E-state index contributed by atoms with van der Waals surface area (Å²) in [5.74, 6) is -0.228. The van der Waals surface area contributed by atoms with Crippen LogP contribution in [0.2, 0.25) is 0 Å². The second-order valence-corrected chi connectivity index (χ2v) is 12.1. The first-order valence-electron chi connectivity index (χ1n) is 15.1. The highest BCUT2D eigenvalue weighted by Gasteiger charge is 2.44. The molecule has 0 radical (unpaired) electrons. The van der Waals surface area contributed by atoms with Crippen molar-refractivity contribution in [3.05, 3.63) is 102 Å². The summed E-state index contributed by atoms with van der Waals surface area (Å²) in [5.41, 5.74) is 3.75. The van der Waals surface area contributed by atoms with Crippen LogP contribution in [-0.2, 0) is 6.42 Å². The third-order valence-corrected chi connectivity index (χ3v) is 9.27. The molecule has 0 heterocycles. The molecule has 2 saturated carbocycles. The number of alkyl halides is 2. The Morgan fingerprint density at radius 3 is 2.07 bits per heavy atom. The van der Waals surface area contributed by atoms with Gasteiger partial charge in [0, 0.05) is 0 Å². The minimum Gasteiger partial charge on any atom is -0.432 e. The number of hydrogen-bond donors (Lipinski definition) is 0. The Labute approximate surface area is 241 Å². The van der Waals surface area contributed by atoms with E-state index in [1.54, 1.807) is 30.3 Å². The van der Waals surface area contributed by atoms with Crippen LogP contribution in [-0.4, -0.2) is 6.11 Å². The minimum absolute atomic E-state index is 0.0506. The molecule has 0 aromatic heterocycles. The molecule has 0 aliphatic heterocycles. The van der Waals surface area contributed by atoms with Crippen molar-refractivity contribution < 1.29 is 22.3 Å². The topological polar surface area (TPSA) is 9.23 Å². The fraction of sp³-hybridized carbons (Fsp3) is 0.444. The van der Waals surface area contributed by atoms with Crippen molar-refractivity contribution >= 4 is 0 Å². The van der Waals surface area contributed by atoms with Gasteiger partial charge in [-0.05, 0) is 121 Å². The van der Waals surface area contributed by atoms with E-state index >= 15 is 13.2 Å². The fourth-order valence-electron chi connectivity index (χ4n) is 6.61. The number of aryl methyl sites for hydroxylation is 1. The number of ether oxygens (including phenoxy) is 1. The molecule has 2 fully saturated rings. The molecule has 0 saturated heterocycles. The molecule has 0 N–H and O–H groups in total. The average molecular weight is 565 g/mol. The highest BCUT2D eigenvalue weighted by Crippen LogP contribution is 2.44. The molecule has 41 heavy (non-hydrogen) atoms. The zero-order valence-corrected chi connectivity index (χ0v) is 23.9. The predicted octanol–water partition coefficient (Wildman–Crippen LogP) is 11.0. The zero-order valence-electron chi connectivity index (χ0n) is 23.9. The van der Waals surface area contributed by atoms with Crippen LogP contribution in [0.15, 0.2) is 73.3 Å². The summed E-state index contributed by atoms with van der Waals surface area (Å²) in [6.07, 6.45) is 5.84. The third kappa shape index (κ3) is 7.05. The molecule has 3 aromatic carbocycles. The summed E-state index contributed by atoms with van der Waals surface area (Å²) < 4.78 is 65.1. The van der Waals surface area contributed by atoms with Gasteiger partial charge in [0.15, 0.2) is 0 Å². The molecular weight excluding hydrogens is 524 g/mol. The van der Waals surface area contributed by atoms with Gasteiger partial charge < -0.3 is 4.74 Å². The van der Waals surface area contributed by atoms with E-state index < -0.39 is 12.0 Å². The van der Waals surface area contributed by atoms with Crippen LogP contribution in [0.3, 0.4) is 0 Å². The summed E-state index contributed by atoms with van der Waals surface area (Å²) in [4.78, 5) is 0. The number of allylic oxidation sites excluding steroid dienone is 1. The molecule has 0 spiro atoms. The Morgan fingerprint density at radius 1 is 0.780 bits per heavy atom. The van der Waals surface area contributed by atoms with Crippen molar-refractivity contribution in [2.24, 2.45) is 11.8 Å². The highest BCUT2D eigenvalue weighted by molar-refractivity contribution is 5.64. The molecule has 2 aliphatic rings. The molecule has 1 nitrogen and oxygen atoms in total. The van der Waals surface area contributed by atoms with Gasteiger partial charge in [-0.25, -0.2) is 8.78 Å². The number of hydrogen-bond acceptors (Lipinski definition) is 1. The highest BCUT2D eigenvalue weighted by atomic mass is 19.3. The lowest BCUT2D eigenvalue weighted by Crippen LogP contribution is -2.37. The SMILES string of the molecule is C=CCCc1ccc(-c2ccc(OC(F)(F)C3CCC(c4ccc(C5CCC(C)CC5)cc4F)CC3)cc2)cc1F. The van der Waals surface area contributed by atoms with E-state index in [1.165, 1.54) is 31.0 Å². The molecule has 3 aromatic rings. The molecule has 5 rings (SSSR count). The summed E-state index contributed by atoms with van der Waals surface area (Å²) in [5, 5.41) is 0. The van der Waals surface area contributed by atoms with Crippen molar-refractivity contribution in [3.8, 4) is 16.9 Å². The van der Waals surface area contributed by atoms with Crippen LogP contribution < -0.4 is 4.74 Å². The van der Waals surface area contributed by atoms with Crippen LogP contribution in [0.1, 0.15) is 93.2 Å². The molecule has 2 aliphatic carbocycles. The second-order valence-electron chi connectivity index (χ2n) is 12.1. The van der Waals surface area contributed by atoms with Gasteiger partial charge >= 0.3 is 6.11 Å². The average Bonchev–Trinajstić information content (AvgIpc) is 2.97. The normalized spacial score (nSPS) is 23.2. The molecule has 0 amide bonds. The zero-order chi connectivity index (χ0) is 29.0. The van der Waals surface area contributed by atoms with Crippen LogP contribution in [0.4, 0.5) is 17.6 Å². The Hall–Kier alpha value is -3.08. The lowest BCUT2D eigenvalue weighted by Gasteiger charge is -2.33. The maximum atomic E-state index is 15.2. The molecule has 0 bridgehead atoms. The molecule has 5 heteroatoms. The predicted molar refractivity (Wildman–Crippen MR) is 157 cm³/mol. The Morgan fingerprint density at radius 2 is 1.44 bits per heavy atom. The molecule has 218 valence electrons. The Kier molecular flexibility index (Phi) is 9.21. The lowest BCUT2D eigenvalue weighted by atomic mass is 9.76. The Bertz CT molecular complexity index is 1320. The van der Waals surface area contributed by atoms with E-state index in [1.807, 2.05) is 12.1 Å². The van der Waals surface area contributed by atoms with Crippen LogP contribution in [0, 0.1) is 23.5 Å². The van der Waals surface area contributed by atoms with E-state index in [4.69, 9.17) is 4.74 Å². The third-order valence-electron chi connectivity index (χ3n) is 9.27. The standard InChI is InChI=1S/C36H40F4O/c1-3-4-5-28-10-11-29(22-34(28)37)26-14-19-32(20-15-26)41-36(39,40)31-17-12-27(13-18-31)33-21-16-30(23-35(33)38)25-8-6-24(2)7-9-25/h3,10-11,14-16,19-25,27,31H,1,4-9,12-13,17-18H2,2H3. The minimum atomic E-state index is -3.33.